The summed E-state index contributed by atoms with van der Waals surface area (Å²) in [6.07, 6.45) is 2.01. The van der Waals surface area contributed by atoms with Crippen molar-refractivity contribution in [2.24, 2.45) is 0 Å². The van der Waals surface area contributed by atoms with Crippen LogP contribution in [0.25, 0.3) is 0 Å². The van der Waals surface area contributed by atoms with Crippen LogP contribution in [0.4, 0.5) is 5.95 Å². The second-order valence-electron chi connectivity index (χ2n) is 6.88. The van der Waals surface area contributed by atoms with Gasteiger partial charge >= 0.3 is 0 Å². The van der Waals surface area contributed by atoms with Crippen LogP contribution in [0.15, 0.2) is 12.3 Å². The van der Waals surface area contributed by atoms with Gasteiger partial charge in [0.25, 0.3) is 5.91 Å². The Hall–Kier alpha value is -2.23. The molecule has 1 aromatic rings. The monoisotopic (exact) mass is 395 g/mol. The van der Waals surface area contributed by atoms with Gasteiger partial charge in [0, 0.05) is 51.9 Å². The van der Waals surface area contributed by atoms with E-state index in [2.05, 4.69) is 9.97 Å². The third-order valence-corrected chi connectivity index (χ3v) is 6.87. The van der Waals surface area contributed by atoms with Gasteiger partial charge in [-0.15, -0.1) is 0 Å². The molecule has 2 aliphatic rings. The van der Waals surface area contributed by atoms with E-state index in [-0.39, 0.29) is 35.1 Å². The lowest BCUT2D eigenvalue weighted by Gasteiger charge is -2.34. The molecule has 10 heteroatoms. The van der Waals surface area contributed by atoms with Crippen molar-refractivity contribution >= 4 is 27.6 Å². The molecule has 0 N–H and O–H groups in total. The molecule has 9 nitrogen and oxygen atoms in total. The molecule has 0 radical (unpaired) electrons. The summed E-state index contributed by atoms with van der Waals surface area (Å²) in [5.41, 5.74) is 0.264. The largest absolute Gasteiger partial charge is 0.339 e. The smallest absolute Gasteiger partial charge is 0.272 e. The Labute approximate surface area is 159 Å². The van der Waals surface area contributed by atoms with Crippen LogP contribution in [0.5, 0.6) is 0 Å². The Morgan fingerprint density at radius 3 is 2.52 bits per heavy atom. The standard InChI is InChI=1S/C17H25N5O4S/c1-3-22(14-5-11-27(25,26)12-14)16(24)15-4-6-18-17(19-15)21-9-7-20(8-10-21)13(2)23/h4,6,14H,3,5,7-12H2,1-2H3. The van der Waals surface area contributed by atoms with Gasteiger partial charge in [0.05, 0.1) is 11.5 Å². The Balaban J connectivity index is 1.73. The maximum Gasteiger partial charge on any atom is 0.272 e. The summed E-state index contributed by atoms with van der Waals surface area (Å²) in [4.78, 5) is 38.4. The van der Waals surface area contributed by atoms with Crippen molar-refractivity contribution in [3.8, 4) is 0 Å². The minimum atomic E-state index is -3.07. The molecule has 0 bridgehead atoms. The number of carbonyl (C=O) groups is 2. The van der Waals surface area contributed by atoms with Gasteiger partial charge < -0.3 is 14.7 Å². The van der Waals surface area contributed by atoms with E-state index in [0.717, 1.165) is 0 Å². The van der Waals surface area contributed by atoms with Gasteiger partial charge in [-0.2, -0.15) is 0 Å². The van der Waals surface area contributed by atoms with Gasteiger partial charge in [-0.3, -0.25) is 9.59 Å². The van der Waals surface area contributed by atoms with Gasteiger partial charge in [-0.05, 0) is 19.4 Å². The van der Waals surface area contributed by atoms with E-state index < -0.39 is 9.84 Å². The highest BCUT2D eigenvalue weighted by atomic mass is 32.2. The van der Waals surface area contributed by atoms with Crippen LogP contribution in [0.2, 0.25) is 0 Å². The summed E-state index contributed by atoms with van der Waals surface area (Å²) in [7, 11) is -3.07. The summed E-state index contributed by atoms with van der Waals surface area (Å²) in [5.74, 6) is 0.364. The third-order valence-electron chi connectivity index (χ3n) is 5.12. The lowest BCUT2D eigenvalue weighted by molar-refractivity contribution is -0.129. The number of aromatic nitrogens is 2. The fraction of sp³-hybridized carbons (Fsp3) is 0.647. The lowest BCUT2D eigenvalue weighted by atomic mass is 10.2. The van der Waals surface area contributed by atoms with E-state index in [1.54, 1.807) is 29.0 Å². The Morgan fingerprint density at radius 1 is 1.26 bits per heavy atom. The number of hydrogen-bond acceptors (Lipinski definition) is 7. The second-order valence-corrected chi connectivity index (χ2v) is 9.11. The SMILES string of the molecule is CCN(C(=O)c1ccnc(N2CCN(C(C)=O)CC2)n1)C1CCS(=O)(=O)C1. The third kappa shape index (κ3) is 4.37. The van der Waals surface area contributed by atoms with Crippen molar-refractivity contribution in [1.29, 1.82) is 0 Å². The van der Waals surface area contributed by atoms with Crippen LogP contribution in [0.1, 0.15) is 30.8 Å². The molecule has 1 aromatic heterocycles. The van der Waals surface area contributed by atoms with E-state index >= 15 is 0 Å². The molecule has 3 heterocycles. The van der Waals surface area contributed by atoms with Gasteiger partial charge in [-0.1, -0.05) is 0 Å². The first-order valence-corrected chi connectivity index (χ1v) is 11.0. The number of anilines is 1. The van der Waals surface area contributed by atoms with Crippen LogP contribution in [-0.4, -0.2) is 90.3 Å². The van der Waals surface area contributed by atoms with E-state index in [0.29, 0.717) is 45.1 Å². The first-order chi connectivity index (χ1) is 12.8. The predicted molar refractivity (Wildman–Crippen MR) is 100 cm³/mol. The molecule has 2 aliphatic heterocycles. The molecule has 0 aliphatic carbocycles. The number of sulfone groups is 1. The van der Waals surface area contributed by atoms with Gasteiger partial charge in [0.15, 0.2) is 9.84 Å². The van der Waals surface area contributed by atoms with E-state index in [1.165, 1.54) is 0 Å². The molecule has 1 atom stereocenters. The van der Waals surface area contributed by atoms with Crippen molar-refractivity contribution in [3.63, 3.8) is 0 Å². The summed E-state index contributed by atoms with van der Waals surface area (Å²) >= 11 is 0. The molecule has 3 rings (SSSR count). The number of rotatable bonds is 4. The average Bonchev–Trinajstić information content (AvgIpc) is 3.02. The normalized spacial score (nSPS) is 21.9. The topological polar surface area (TPSA) is 104 Å². The van der Waals surface area contributed by atoms with Crippen LogP contribution < -0.4 is 4.90 Å². The maximum atomic E-state index is 12.9. The van der Waals surface area contributed by atoms with E-state index in [9.17, 15) is 18.0 Å². The Morgan fingerprint density at radius 2 is 1.96 bits per heavy atom. The molecule has 0 saturated carbocycles. The minimum Gasteiger partial charge on any atom is -0.339 e. The molecule has 0 aromatic carbocycles. The zero-order chi connectivity index (χ0) is 19.6. The number of nitrogens with zero attached hydrogens (tertiary/aromatic N) is 5. The average molecular weight is 395 g/mol. The van der Waals surface area contributed by atoms with E-state index in [1.807, 2.05) is 11.8 Å². The van der Waals surface area contributed by atoms with E-state index in [4.69, 9.17) is 0 Å². The van der Waals surface area contributed by atoms with Crippen molar-refractivity contribution < 1.29 is 18.0 Å². The molecular weight excluding hydrogens is 370 g/mol. The number of amides is 2. The van der Waals surface area contributed by atoms with Crippen LogP contribution in [0, 0.1) is 0 Å². The summed E-state index contributed by atoms with van der Waals surface area (Å²) in [5, 5.41) is 0. The molecule has 1 unspecified atom stereocenters. The highest BCUT2D eigenvalue weighted by molar-refractivity contribution is 7.91. The first kappa shape index (κ1) is 19.5. The summed E-state index contributed by atoms with van der Waals surface area (Å²) in [6, 6.07) is 1.26. The van der Waals surface area contributed by atoms with Crippen molar-refractivity contribution in [3.05, 3.63) is 18.0 Å². The highest BCUT2D eigenvalue weighted by Gasteiger charge is 2.34. The fourth-order valence-corrected chi connectivity index (χ4v) is 5.31. The van der Waals surface area contributed by atoms with Gasteiger partial charge in [0.1, 0.15) is 5.69 Å². The van der Waals surface area contributed by atoms with Crippen molar-refractivity contribution in [2.45, 2.75) is 26.3 Å². The van der Waals surface area contributed by atoms with Crippen LogP contribution in [0.3, 0.4) is 0 Å². The first-order valence-electron chi connectivity index (χ1n) is 9.15. The quantitative estimate of drug-likeness (QED) is 0.695. The Kier molecular flexibility index (Phi) is 5.64. The van der Waals surface area contributed by atoms with Crippen molar-refractivity contribution in [1.82, 2.24) is 19.8 Å². The summed E-state index contributed by atoms with van der Waals surface area (Å²) in [6.45, 7) is 6.22. The molecular formula is C17H25N5O4S. The highest BCUT2D eigenvalue weighted by Crippen LogP contribution is 2.20. The number of carbonyl (C=O) groups excluding carboxylic acids is 2. The number of hydrogen-bond donors (Lipinski definition) is 0. The maximum absolute atomic E-state index is 12.9. The van der Waals surface area contributed by atoms with Crippen LogP contribution >= 0.6 is 0 Å². The summed E-state index contributed by atoms with van der Waals surface area (Å²) < 4.78 is 23.5. The zero-order valence-electron chi connectivity index (χ0n) is 15.7. The molecule has 27 heavy (non-hydrogen) atoms. The van der Waals surface area contributed by atoms with Gasteiger partial charge in [-0.25, -0.2) is 18.4 Å². The predicted octanol–water partition coefficient (Wildman–Crippen LogP) is -0.206. The van der Waals surface area contributed by atoms with Gasteiger partial charge in [0.2, 0.25) is 11.9 Å². The van der Waals surface area contributed by atoms with Crippen molar-refractivity contribution in [2.75, 3.05) is 49.1 Å². The molecule has 2 saturated heterocycles. The molecule has 148 valence electrons. The van der Waals surface area contributed by atoms with Crippen LogP contribution in [-0.2, 0) is 14.6 Å². The zero-order valence-corrected chi connectivity index (χ0v) is 16.5. The second kappa shape index (κ2) is 7.79. The molecule has 0 spiro atoms. The number of piperazine rings is 1. The fourth-order valence-electron chi connectivity index (χ4n) is 3.58. The minimum absolute atomic E-state index is 0.0114. The lowest BCUT2D eigenvalue weighted by Crippen LogP contribution is -2.48. The molecule has 2 fully saturated rings. The molecule has 2 amide bonds. The Bertz CT molecular complexity index is 820.